The summed E-state index contributed by atoms with van der Waals surface area (Å²) in [5.74, 6) is 0.122. The molecule has 1 fully saturated rings. The Balaban J connectivity index is 1.86. The van der Waals surface area contributed by atoms with Crippen LogP contribution in [0.15, 0.2) is 18.2 Å². The molecule has 0 saturated heterocycles. The van der Waals surface area contributed by atoms with Gasteiger partial charge in [0, 0.05) is 23.7 Å². The number of phenolic OH excluding ortho intramolecular Hbond substituents is 1. The van der Waals surface area contributed by atoms with E-state index in [4.69, 9.17) is 4.74 Å². The molecule has 2 rings (SSSR count). The van der Waals surface area contributed by atoms with Crippen molar-refractivity contribution in [3.63, 3.8) is 0 Å². The van der Waals surface area contributed by atoms with Crippen molar-refractivity contribution in [2.24, 2.45) is 5.92 Å². The molecule has 1 amide bonds. The number of amides is 1. The van der Waals surface area contributed by atoms with Gasteiger partial charge in [0.05, 0.1) is 11.4 Å². The minimum atomic E-state index is -3.39. The van der Waals surface area contributed by atoms with E-state index in [-0.39, 0.29) is 23.6 Å². The van der Waals surface area contributed by atoms with E-state index in [1.165, 1.54) is 6.07 Å². The second-order valence-corrected chi connectivity index (χ2v) is 11.1. The lowest BCUT2D eigenvalue weighted by atomic mass is 9.86. The quantitative estimate of drug-likeness (QED) is 0.549. The Bertz CT molecular complexity index is 794. The summed E-state index contributed by atoms with van der Waals surface area (Å²) >= 11 is 0. The first-order chi connectivity index (χ1) is 13.5. The first-order valence-electron chi connectivity index (χ1n) is 10.3. The molecule has 29 heavy (non-hydrogen) atoms. The fraction of sp³-hybridized carbons (Fsp3) is 0.667. The van der Waals surface area contributed by atoms with E-state index >= 15 is 0 Å². The number of phenols is 1. The molecule has 0 aromatic heterocycles. The Kier molecular flexibility index (Phi) is 7.94. The first-order valence-corrected chi connectivity index (χ1v) is 11.8. The van der Waals surface area contributed by atoms with E-state index in [0.717, 1.165) is 12.8 Å². The number of carbonyl (C=O) groups excluding carboxylic acids is 1. The van der Waals surface area contributed by atoms with Crippen LogP contribution in [-0.2, 0) is 14.8 Å². The highest BCUT2D eigenvalue weighted by Crippen LogP contribution is 2.31. The van der Waals surface area contributed by atoms with Crippen molar-refractivity contribution in [2.45, 2.75) is 77.0 Å². The van der Waals surface area contributed by atoms with Crippen molar-refractivity contribution in [1.82, 2.24) is 4.72 Å². The first kappa shape index (κ1) is 23.5. The third-order valence-corrected chi connectivity index (χ3v) is 7.46. The maximum Gasteiger partial charge on any atom is 0.227 e. The average molecular weight is 427 g/mol. The van der Waals surface area contributed by atoms with Gasteiger partial charge >= 0.3 is 0 Å². The predicted molar refractivity (Wildman–Crippen MR) is 115 cm³/mol. The zero-order valence-electron chi connectivity index (χ0n) is 17.8. The highest BCUT2D eigenvalue weighted by molar-refractivity contribution is 7.90. The van der Waals surface area contributed by atoms with Crippen molar-refractivity contribution >= 4 is 21.6 Å². The van der Waals surface area contributed by atoms with Crippen LogP contribution in [0.3, 0.4) is 0 Å². The number of unbranched alkanes of at least 4 members (excludes halogenated alkanes) is 1. The third kappa shape index (κ3) is 6.60. The molecule has 0 atom stereocenters. The summed E-state index contributed by atoms with van der Waals surface area (Å²) in [5.41, 5.74) is 0.519. The Morgan fingerprint density at radius 2 is 1.86 bits per heavy atom. The molecular formula is C21H34N2O5S. The van der Waals surface area contributed by atoms with Crippen LogP contribution in [0.5, 0.6) is 11.5 Å². The lowest BCUT2D eigenvalue weighted by Crippen LogP contribution is -2.46. The lowest BCUT2D eigenvalue weighted by molar-refractivity contribution is -0.120. The van der Waals surface area contributed by atoms with Crippen LogP contribution in [-0.4, -0.2) is 36.8 Å². The molecule has 0 bridgehead atoms. The third-order valence-electron chi connectivity index (χ3n) is 5.21. The van der Waals surface area contributed by atoms with E-state index in [1.54, 1.807) is 32.9 Å². The molecule has 3 N–H and O–H groups in total. The Morgan fingerprint density at radius 1 is 1.21 bits per heavy atom. The zero-order chi connectivity index (χ0) is 21.7. The van der Waals surface area contributed by atoms with Crippen LogP contribution in [0, 0.1) is 5.92 Å². The normalized spacial score (nSPS) is 20.3. The fourth-order valence-corrected chi connectivity index (χ4v) is 4.19. The van der Waals surface area contributed by atoms with Crippen LogP contribution < -0.4 is 14.8 Å². The van der Waals surface area contributed by atoms with Gasteiger partial charge in [-0.2, -0.15) is 0 Å². The average Bonchev–Trinajstić information content (AvgIpc) is 2.63. The van der Waals surface area contributed by atoms with Gasteiger partial charge in [-0.25, -0.2) is 13.1 Å². The molecule has 0 unspecified atom stereocenters. The van der Waals surface area contributed by atoms with Crippen LogP contribution in [0.2, 0.25) is 0 Å². The van der Waals surface area contributed by atoms with Crippen molar-refractivity contribution in [3.8, 4) is 11.5 Å². The van der Waals surface area contributed by atoms with Gasteiger partial charge in [0.25, 0.3) is 0 Å². The number of hydrogen-bond acceptors (Lipinski definition) is 5. The fourth-order valence-electron chi connectivity index (χ4n) is 3.16. The number of rotatable bonds is 8. The van der Waals surface area contributed by atoms with Crippen molar-refractivity contribution in [3.05, 3.63) is 18.2 Å². The van der Waals surface area contributed by atoms with Gasteiger partial charge in [-0.3, -0.25) is 4.79 Å². The standard InChI is InChI=1S/C21H34N2O5S/c1-5-6-13-28-19-12-11-17(14-18(19)24)22-20(25)15-7-9-16(10-8-15)23-29(26,27)21(2,3)4/h11-12,14-16,23-24H,5-10,13H2,1-4H3,(H,22,25)/t15-,16-. The van der Waals surface area contributed by atoms with Gasteiger partial charge in [0.1, 0.15) is 0 Å². The maximum absolute atomic E-state index is 12.6. The monoisotopic (exact) mass is 426 g/mol. The van der Waals surface area contributed by atoms with E-state index in [2.05, 4.69) is 17.0 Å². The molecule has 0 heterocycles. The molecule has 0 spiro atoms. The smallest absolute Gasteiger partial charge is 0.227 e. The molecule has 1 saturated carbocycles. The predicted octanol–water partition coefficient (Wildman–Crippen LogP) is 3.79. The Labute approximate surface area is 174 Å². The lowest BCUT2D eigenvalue weighted by Gasteiger charge is -2.30. The molecule has 0 aliphatic heterocycles. The van der Waals surface area contributed by atoms with Gasteiger partial charge in [0.2, 0.25) is 15.9 Å². The second kappa shape index (κ2) is 9.80. The highest BCUT2D eigenvalue weighted by Gasteiger charge is 2.34. The summed E-state index contributed by atoms with van der Waals surface area (Å²) in [6.07, 6.45) is 4.41. The summed E-state index contributed by atoms with van der Waals surface area (Å²) in [6, 6.07) is 4.72. The minimum Gasteiger partial charge on any atom is -0.504 e. The van der Waals surface area contributed by atoms with Crippen molar-refractivity contribution in [1.29, 1.82) is 0 Å². The number of nitrogens with one attached hydrogen (secondary N) is 2. The van der Waals surface area contributed by atoms with Crippen LogP contribution in [0.4, 0.5) is 5.69 Å². The second-order valence-electron chi connectivity index (χ2n) is 8.66. The topological polar surface area (TPSA) is 105 Å². The largest absolute Gasteiger partial charge is 0.504 e. The van der Waals surface area contributed by atoms with Gasteiger partial charge in [-0.1, -0.05) is 13.3 Å². The number of ether oxygens (including phenoxy) is 1. The molecule has 8 heteroatoms. The summed E-state index contributed by atoms with van der Waals surface area (Å²) in [5, 5.41) is 12.9. The maximum atomic E-state index is 12.6. The molecule has 0 radical (unpaired) electrons. The number of hydrogen-bond donors (Lipinski definition) is 3. The van der Waals surface area contributed by atoms with Crippen LogP contribution in [0.25, 0.3) is 0 Å². The van der Waals surface area contributed by atoms with Gasteiger partial charge in [-0.15, -0.1) is 0 Å². The number of carbonyl (C=O) groups is 1. The highest BCUT2D eigenvalue weighted by atomic mass is 32.2. The summed E-state index contributed by atoms with van der Waals surface area (Å²) in [6.45, 7) is 7.62. The minimum absolute atomic E-state index is 0.000742. The number of benzene rings is 1. The molecule has 1 aliphatic rings. The van der Waals surface area contributed by atoms with Gasteiger partial charge in [-0.05, 0) is 65.0 Å². The Hall–Kier alpha value is -1.80. The van der Waals surface area contributed by atoms with Gasteiger partial charge in [0.15, 0.2) is 11.5 Å². The van der Waals surface area contributed by atoms with E-state index in [1.807, 2.05) is 0 Å². The van der Waals surface area contributed by atoms with E-state index in [9.17, 15) is 18.3 Å². The summed E-state index contributed by atoms with van der Waals surface area (Å²) in [7, 11) is -3.39. The molecule has 1 aliphatic carbocycles. The number of aromatic hydroxyl groups is 1. The molecular weight excluding hydrogens is 392 g/mol. The Morgan fingerprint density at radius 3 is 2.41 bits per heavy atom. The number of sulfonamides is 1. The zero-order valence-corrected chi connectivity index (χ0v) is 18.6. The van der Waals surface area contributed by atoms with E-state index < -0.39 is 14.8 Å². The van der Waals surface area contributed by atoms with Crippen molar-refractivity contribution < 1.29 is 23.1 Å². The summed E-state index contributed by atoms with van der Waals surface area (Å²) < 4.78 is 32.0. The molecule has 1 aromatic carbocycles. The SMILES string of the molecule is CCCCOc1ccc(NC(=O)[C@H]2CC[C@H](NS(=O)(=O)C(C)(C)C)CC2)cc1O. The molecule has 164 valence electrons. The molecule has 7 nitrogen and oxygen atoms in total. The van der Waals surface area contributed by atoms with E-state index in [0.29, 0.717) is 43.7 Å². The molecule has 1 aromatic rings. The van der Waals surface area contributed by atoms with Gasteiger partial charge < -0.3 is 15.2 Å². The number of anilines is 1. The van der Waals surface area contributed by atoms with Crippen molar-refractivity contribution in [2.75, 3.05) is 11.9 Å². The van der Waals surface area contributed by atoms with Crippen LogP contribution in [0.1, 0.15) is 66.2 Å². The summed E-state index contributed by atoms with van der Waals surface area (Å²) in [4.78, 5) is 12.6. The van der Waals surface area contributed by atoms with Crippen LogP contribution >= 0.6 is 0 Å².